The van der Waals surface area contributed by atoms with E-state index in [4.69, 9.17) is 0 Å². The number of fused-ring (bicyclic) bond motifs is 12. The van der Waals surface area contributed by atoms with E-state index < -0.39 is 5.41 Å². The van der Waals surface area contributed by atoms with Crippen molar-refractivity contribution < 1.29 is 0 Å². The second-order valence-corrected chi connectivity index (χ2v) is 16.8. The molecule has 2 heterocycles. The smallest absolute Gasteiger partial charge is 0.0754 e. The molecule has 1 aliphatic carbocycles. The topological polar surface area (TPSA) is 8.17 Å². The Bertz CT molecular complexity index is 3550. The van der Waals surface area contributed by atoms with Gasteiger partial charge in [0.1, 0.15) is 0 Å². The fourth-order valence-electron chi connectivity index (χ4n) is 10.9. The molecule has 13 rings (SSSR count). The molecule has 0 saturated carbocycles. The van der Waals surface area contributed by atoms with E-state index in [-0.39, 0.29) is 0 Å². The molecule has 0 bridgehead atoms. The Kier molecular flexibility index (Phi) is 7.85. The quantitative estimate of drug-likeness (QED) is 0.163. The molecule has 0 amide bonds. The molecule has 0 saturated heterocycles. The van der Waals surface area contributed by atoms with E-state index in [0.29, 0.717) is 0 Å². The average Bonchev–Trinajstić information content (AvgIpc) is 3.85. The standard InChI is InChI=1S/C61H40N2/c1-3-15-41(16-4-1)43-29-34-47(35-30-43)62(49-20-13-19-45(39-49)42-17-5-2-6-18-42)48-36-31-44(32-37-48)46-33-38-55-53(40-46)50-21-7-9-24-54(50)61(55)56-25-10-12-28-59(56)63-58-27-11-8-22-51(58)52-23-14-26-57(61)60(52)63/h1-40H. The van der Waals surface area contributed by atoms with Crippen LogP contribution in [0.2, 0.25) is 0 Å². The van der Waals surface area contributed by atoms with E-state index in [0.717, 1.165) is 17.1 Å². The van der Waals surface area contributed by atoms with E-state index in [1.165, 1.54) is 94.3 Å². The summed E-state index contributed by atoms with van der Waals surface area (Å²) in [7, 11) is 0. The fourth-order valence-corrected chi connectivity index (χ4v) is 10.9. The number of rotatable bonds is 6. The second-order valence-electron chi connectivity index (χ2n) is 16.8. The van der Waals surface area contributed by atoms with Crippen LogP contribution in [0.5, 0.6) is 0 Å². The van der Waals surface area contributed by atoms with Gasteiger partial charge in [-0.05, 0) is 121 Å². The van der Waals surface area contributed by atoms with Crippen molar-refractivity contribution in [2.45, 2.75) is 5.41 Å². The first-order valence-electron chi connectivity index (χ1n) is 21.8. The Labute approximate surface area is 367 Å². The minimum absolute atomic E-state index is 0.459. The van der Waals surface area contributed by atoms with Crippen LogP contribution in [0, 0.1) is 0 Å². The van der Waals surface area contributed by atoms with Crippen LogP contribution in [0.25, 0.3) is 72.0 Å². The summed E-state index contributed by atoms with van der Waals surface area (Å²) in [4.78, 5) is 2.37. The molecule has 63 heavy (non-hydrogen) atoms. The molecule has 1 spiro atoms. The van der Waals surface area contributed by atoms with E-state index >= 15 is 0 Å². The average molecular weight is 801 g/mol. The third-order valence-corrected chi connectivity index (χ3v) is 13.6. The van der Waals surface area contributed by atoms with Crippen LogP contribution in [0.15, 0.2) is 243 Å². The molecular weight excluding hydrogens is 761 g/mol. The molecule has 2 nitrogen and oxygen atoms in total. The number of hydrogen-bond donors (Lipinski definition) is 0. The van der Waals surface area contributed by atoms with Crippen LogP contribution in [0.4, 0.5) is 17.1 Å². The van der Waals surface area contributed by atoms with E-state index in [1.807, 2.05) is 0 Å². The van der Waals surface area contributed by atoms with Gasteiger partial charge in [0.25, 0.3) is 0 Å². The molecule has 11 aromatic rings. The van der Waals surface area contributed by atoms with Gasteiger partial charge in [-0.15, -0.1) is 0 Å². The van der Waals surface area contributed by atoms with E-state index in [9.17, 15) is 0 Å². The second kappa shape index (κ2) is 13.9. The van der Waals surface area contributed by atoms with Crippen molar-refractivity contribution in [1.29, 1.82) is 0 Å². The maximum atomic E-state index is 2.51. The van der Waals surface area contributed by atoms with Gasteiger partial charge in [0.2, 0.25) is 0 Å². The van der Waals surface area contributed by atoms with Gasteiger partial charge >= 0.3 is 0 Å². The maximum Gasteiger partial charge on any atom is 0.0754 e. The van der Waals surface area contributed by atoms with Crippen LogP contribution >= 0.6 is 0 Å². The summed E-state index contributed by atoms with van der Waals surface area (Å²) in [5.74, 6) is 0. The molecule has 0 N–H and O–H groups in total. The molecule has 10 aromatic carbocycles. The molecule has 2 heteroatoms. The molecule has 2 aliphatic rings. The first-order chi connectivity index (χ1) is 31.3. The first-order valence-corrected chi connectivity index (χ1v) is 21.8. The Morgan fingerprint density at radius 1 is 0.302 bits per heavy atom. The van der Waals surface area contributed by atoms with Crippen LogP contribution in [0.3, 0.4) is 0 Å². The predicted molar refractivity (Wildman–Crippen MR) is 263 cm³/mol. The van der Waals surface area contributed by atoms with Gasteiger partial charge in [-0.3, -0.25) is 0 Å². The predicted octanol–water partition coefficient (Wildman–Crippen LogP) is 15.9. The van der Waals surface area contributed by atoms with Crippen LogP contribution in [-0.2, 0) is 5.41 Å². The maximum absolute atomic E-state index is 2.51. The Hall–Kier alpha value is -8.20. The number of aromatic nitrogens is 1. The lowest BCUT2D eigenvalue weighted by atomic mass is 9.65. The zero-order valence-corrected chi connectivity index (χ0v) is 34.5. The van der Waals surface area contributed by atoms with Gasteiger partial charge in [-0.1, -0.05) is 188 Å². The molecule has 1 aliphatic heterocycles. The van der Waals surface area contributed by atoms with Crippen molar-refractivity contribution in [2.75, 3.05) is 4.90 Å². The number of hydrogen-bond acceptors (Lipinski definition) is 1. The van der Waals surface area contributed by atoms with Gasteiger partial charge in [0.05, 0.1) is 22.1 Å². The van der Waals surface area contributed by atoms with Crippen molar-refractivity contribution in [3.05, 3.63) is 265 Å². The summed E-state index contributed by atoms with van der Waals surface area (Å²) >= 11 is 0. The zero-order valence-electron chi connectivity index (χ0n) is 34.5. The highest BCUT2D eigenvalue weighted by Gasteiger charge is 2.50. The van der Waals surface area contributed by atoms with E-state index in [1.54, 1.807) is 0 Å². The molecule has 0 radical (unpaired) electrons. The third kappa shape index (κ3) is 5.25. The van der Waals surface area contributed by atoms with Crippen molar-refractivity contribution >= 4 is 38.9 Å². The first kappa shape index (κ1) is 35.5. The van der Waals surface area contributed by atoms with Gasteiger partial charge in [0, 0.05) is 27.8 Å². The van der Waals surface area contributed by atoms with Gasteiger partial charge < -0.3 is 9.47 Å². The monoisotopic (exact) mass is 800 g/mol. The van der Waals surface area contributed by atoms with Gasteiger partial charge in [-0.25, -0.2) is 0 Å². The summed E-state index contributed by atoms with van der Waals surface area (Å²) in [6.45, 7) is 0. The summed E-state index contributed by atoms with van der Waals surface area (Å²) in [5, 5.41) is 2.59. The number of benzene rings is 10. The molecule has 1 aromatic heterocycles. The van der Waals surface area contributed by atoms with Crippen LogP contribution < -0.4 is 4.90 Å². The summed E-state index contributed by atoms with van der Waals surface area (Å²) in [5.41, 5.74) is 21.8. The molecule has 1 atom stereocenters. The number of para-hydroxylation sites is 3. The lowest BCUT2D eigenvalue weighted by Crippen LogP contribution is -2.33. The van der Waals surface area contributed by atoms with E-state index in [2.05, 4.69) is 252 Å². The summed E-state index contributed by atoms with van der Waals surface area (Å²) in [6, 6.07) is 89.4. The highest BCUT2D eigenvalue weighted by molar-refractivity contribution is 6.13. The van der Waals surface area contributed by atoms with Crippen molar-refractivity contribution in [1.82, 2.24) is 4.57 Å². The summed E-state index contributed by atoms with van der Waals surface area (Å²) in [6.07, 6.45) is 0. The largest absolute Gasteiger partial charge is 0.310 e. The molecule has 294 valence electrons. The van der Waals surface area contributed by atoms with Gasteiger partial charge in [-0.2, -0.15) is 0 Å². The minimum atomic E-state index is -0.459. The fraction of sp³-hybridized carbons (Fsp3) is 0.0164. The highest BCUT2D eigenvalue weighted by Crippen LogP contribution is 2.61. The Balaban J connectivity index is 0.942. The van der Waals surface area contributed by atoms with Gasteiger partial charge in [0.15, 0.2) is 0 Å². The lowest BCUT2D eigenvalue weighted by Gasteiger charge is -2.39. The van der Waals surface area contributed by atoms with Crippen molar-refractivity contribution in [2.24, 2.45) is 0 Å². The molecule has 1 unspecified atom stereocenters. The van der Waals surface area contributed by atoms with Crippen molar-refractivity contribution in [3.8, 4) is 50.2 Å². The Morgan fingerprint density at radius 2 is 0.810 bits per heavy atom. The third-order valence-electron chi connectivity index (χ3n) is 13.6. The minimum Gasteiger partial charge on any atom is -0.310 e. The number of anilines is 3. The molecular formula is C61H40N2. The normalized spacial score (nSPS) is 14.4. The zero-order chi connectivity index (χ0) is 41.5. The highest BCUT2D eigenvalue weighted by atomic mass is 15.1. The number of nitrogens with zero attached hydrogens (tertiary/aromatic N) is 2. The van der Waals surface area contributed by atoms with Crippen molar-refractivity contribution in [3.63, 3.8) is 0 Å². The van der Waals surface area contributed by atoms with Crippen LogP contribution in [-0.4, -0.2) is 4.57 Å². The SMILES string of the molecule is c1ccc(-c2ccc(N(c3ccc(-c4ccc5c(c4)-c4ccccc4C54c5ccccc5-n5c6ccccc6c6cccc4c65)cc3)c3cccc(-c4ccccc4)c3)cc2)cc1. The summed E-state index contributed by atoms with van der Waals surface area (Å²) < 4.78 is 2.51. The van der Waals surface area contributed by atoms with Crippen LogP contribution in [0.1, 0.15) is 22.3 Å². The lowest BCUT2D eigenvalue weighted by molar-refractivity contribution is 0.748. The Morgan fingerprint density at radius 3 is 1.57 bits per heavy atom. The molecule has 0 fully saturated rings.